The van der Waals surface area contributed by atoms with Gasteiger partial charge in [0.25, 0.3) is 0 Å². The molecule has 1 rings (SSSR count). The molecule has 0 unspecified atom stereocenters. The van der Waals surface area contributed by atoms with Gasteiger partial charge in [-0.2, -0.15) is 5.26 Å². The summed E-state index contributed by atoms with van der Waals surface area (Å²) in [4.78, 5) is 6.16. The van der Waals surface area contributed by atoms with Crippen molar-refractivity contribution in [3.63, 3.8) is 0 Å². The summed E-state index contributed by atoms with van der Waals surface area (Å²) in [6, 6.07) is 3.68. The lowest BCUT2D eigenvalue weighted by Gasteiger charge is -2.21. The van der Waals surface area contributed by atoms with Crippen LogP contribution in [-0.4, -0.2) is 18.6 Å². The van der Waals surface area contributed by atoms with Crippen molar-refractivity contribution in [1.29, 1.82) is 5.26 Å². The summed E-state index contributed by atoms with van der Waals surface area (Å²) in [6.45, 7) is 5.12. The summed E-state index contributed by atoms with van der Waals surface area (Å²) in [5.74, 6) is 1.21. The van der Waals surface area contributed by atoms with E-state index in [2.05, 4.69) is 24.9 Å². The third-order valence-corrected chi connectivity index (χ3v) is 2.09. The van der Waals surface area contributed by atoms with E-state index in [1.54, 1.807) is 12.3 Å². The number of rotatable bonds is 3. The maximum absolute atomic E-state index is 8.83. The number of nitrogens with zero attached hydrogens (tertiary/aromatic N) is 3. The highest BCUT2D eigenvalue weighted by atomic mass is 15.2. The molecule has 1 aromatic rings. The summed E-state index contributed by atoms with van der Waals surface area (Å²) in [5, 5.41) is 8.83. The van der Waals surface area contributed by atoms with E-state index in [-0.39, 0.29) is 0 Å². The van der Waals surface area contributed by atoms with Crippen LogP contribution in [0.15, 0.2) is 12.3 Å². The summed E-state index contributed by atoms with van der Waals surface area (Å²) in [6.07, 6.45) is 1.61. The monoisotopic (exact) mass is 204 g/mol. The number of hydrogen-bond acceptors (Lipinski definition) is 4. The Kier molecular flexibility index (Phi) is 3.51. The highest BCUT2D eigenvalue weighted by Crippen LogP contribution is 2.22. The highest BCUT2D eigenvalue weighted by molar-refractivity contribution is 5.69. The van der Waals surface area contributed by atoms with Gasteiger partial charge < -0.3 is 10.6 Å². The van der Waals surface area contributed by atoms with Gasteiger partial charge in [-0.3, -0.25) is 0 Å². The number of nitrogens with two attached hydrogens (primary N) is 1. The molecule has 2 N–H and O–H groups in total. The number of pyridine rings is 1. The molecule has 80 valence electrons. The molecule has 1 aromatic heterocycles. The Morgan fingerprint density at radius 3 is 2.80 bits per heavy atom. The average Bonchev–Trinajstić information content (AvgIpc) is 2.17. The normalized spacial score (nSPS) is 10.1. The van der Waals surface area contributed by atoms with Gasteiger partial charge in [-0.1, -0.05) is 13.8 Å². The molecule has 0 fully saturated rings. The summed E-state index contributed by atoms with van der Waals surface area (Å²) < 4.78 is 0. The molecule has 4 heteroatoms. The second-order valence-corrected chi connectivity index (χ2v) is 3.98. The van der Waals surface area contributed by atoms with Crippen molar-refractivity contribution in [1.82, 2.24) is 4.98 Å². The molecule has 0 atom stereocenters. The minimum Gasteiger partial charge on any atom is -0.395 e. The zero-order valence-electron chi connectivity index (χ0n) is 9.36. The van der Waals surface area contributed by atoms with Crippen LogP contribution in [0, 0.1) is 17.2 Å². The van der Waals surface area contributed by atoms with Gasteiger partial charge >= 0.3 is 0 Å². The first kappa shape index (κ1) is 11.3. The standard InChI is InChI=1S/C11H16N4/c1-8(2)7-15(3)11-10(13)9(6-12)4-5-14-11/h4-5,8H,7,13H2,1-3H3. The molecule has 0 saturated heterocycles. The van der Waals surface area contributed by atoms with E-state index >= 15 is 0 Å². The first-order chi connectivity index (χ1) is 7.06. The van der Waals surface area contributed by atoms with Crippen molar-refractivity contribution < 1.29 is 0 Å². The molecule has 0 aromatic carbocycles. The van der Waals surface area contributed by atoms with Crippen LogP contribution in [0.5, 0.6) is 0 Å². The Bertz CT molecular complexity index is 379. The maximum atomic E-state index is 8.83. The maximum Gasteiger partial charge on any atom is 0.152 e. The second kappa shape index (κ2) is 4.65. The smallest absolute Gasteiger partial charge is 0.152 e. The third-order valence-electron chi connectivity index (χ3n) is 2.09. The van der Waals surface area contributed by atoms with Crippen molar-refractivity contribution in [2.75, 3.05) is 24.2 Å². The van der Waals surface area contributed by atoms with E-state index in [1.165, 1.54) is 0 Å². The Labute approximate surface area is 90.3 Å². The molecule has 15 heavy (non-hydrogen) atoms. The zero-order valence-corrected chi connectivity index (χ0v) is 9.36. The molecule has 0 spiro atoms. The molecule has 4 nitrogen and oxygen atoms in total. The van der Waals surface area contributed by atoms with Gasteiger partial charge in [-0.15, -0.1) is 0 Å². The van der Waals surface area contributed by atoms with Crippen LogP contribution in [0.25, 0.3) is 0 Å². The van der Waals surface area contributed by atoms with E-state index in [1.807, 2.05) is 11.9 Å². The number of anilines is 2. The van der Waals surface area contributed by atoms with E-state index in [0.717, 1.165) is 6.54 Å². The largest absolute Gasteiger partial charge is 0.395 e. The number of nitriles is 1. The average molecular weight is 204 g/mol. The van der Waals surface area contributed by atoms with Crippen molar-refractivity contribution in [3.8, 4) is 6.07 Å². The SMILES string of the molecule is CC(C)CN(C)c1nccc(C#N)c1N. The van der Waals surface area contributed by atoms with Gasteiger partial charge in [0.2, 0.25) is 0 Å². The van der Waals surface area contributed by atoms with Crippen molar-refractivity contribution in [3.05, 3.63) is 17.8 Å². The molecule has 0 radical (unpaired) electrons. The Morgan fingerprint density at radius 1 is 1.60 bits per heavy atom. The van der Waals surface area contributed by atoms with E-state index in [4.69, 9.17) is 11.0 Å². The van der Waals surface area contributed by atoms with Crippen LogP contribution in [0.4, 0.5) is 11.5 Å². The lowest BCUT2D eigenvalue weighted by atomic mass is 10.2. The highest BCUT2D eigenvalue weighted by Gasteiger charge is 2.11. The lowest BCUT2D eigenvalue weighted by Crippen LogP contribution is -2.24. The summed E-state index contributed by atoms with van der Waals surface area (Å²) in [5.41, 5.74) is 6.79. The fourth-order valence-electron chi connectivity index (χ4n) is 1.50. The fraction of sp³-hybridized carbons (Fsp3) is 0.455. The van der Waals surface area contributed by atoms with Crippen LogP contribution in [0.1, 0.15) is 19.4 Å². The fourth-order valence-corrected chi connectivity index (χ4v) is 1.50. The minimum atomic E-state index is 0.461. The first-order valence-corrected chi connectivity index (χ1v) is 4.92. The third kappa shape index (κ3) is 2.59. The molecule has 0 amide bonds. The predicted molar refractivity (Wildman–Crippen MR) is 61.5 cm³/mol. The van der Waals surface area contributed by atoms with E-state index < -0.39 is 0 Å². The zero-order chi connectivity index (χ0) is 11.4. The summed E-state index contributed by atoms with van der Waals surface area (Å²) >= 11 is 0. The second-order valence-electron chi connectivity index (χ2n) is 3.98. The van der Waals surface area contributed by atoms with Crippen molar-refractivity contribution >= 4 is 11.5 Å². The van der Waals surface area contributed by atoms with E-state index in [0.29, 0.717) is 23.0 Å². The number of nitrogen functional groups attached to an aromatic ring is 1. The van der Waals surface area contributed by atoms with Gasteiger partial charge in [0.1, 0.15) is 6.07 Å². The first-order valence-electron chi connectivity index (χ1n) is 4.92. The van der Waals surface area contributed by atoms with E-state index in [9.17, 15) is 0 Å². The van der Waals surface area contributed by atoms with Crippen LogP contribution >= 0.6 is 0 Å². The molecular formula is C11H16N4. The van der Waals surface area contributed by atoms with Gasteiger partial charge in [-0.25, -0.2) is 4.98 Å². The number of aromatic nitrogens is 1. The van der Waals surface area contributed by atoms with Gasteiger partial charge in [0.15, 0.2) is 5.82 Å². The Balaban J connectivity index is 3.00. The topological polar surface area (TPSA) is 65.9 Å². The lowest BCUT2D eigenvalue weighted by molar-refractivity contribution is 0.635. The van der Waals surface area contributed by atoms with Crippen LogP contribution < -0.4 is 10.6 Å². The molecule has 0 saturated carbocycles. The molecule has 0 aliphatic rings. The summed E-state index contributed by atoms with van der Waals surface area (Å²) in [7, 11) is 1.93. The molecule has 1 heterocycles. The minimum absolute atomic E-state index is 0.461. The van der Waals surface area contributed by atoms with Gasteiger partial charge in [0, 0.05) is 19.8 Å². The molecule has 0 bridgehead atoms. The molecular weight excluding hydrogens is 188 g/mol. The Morgan fingerprint density at radius 2 is 2.27 bits per heavy atom. The van der Waals surface area contributed by atoms with Crippen molar-refractivity contribution in [2.45, 2.75) is 13.8 Å². The quantitative estimate of drug-likeness (QED) is 0.812. The number of hydrogen-bond donors (Lipinski definition) is 1. The van der Waals surface area contributed by atoms with Crippen LogP contribution in [0.2, 0.25) is 0 Å². The van der Waals surface area contributed by atoms with Gasteiger partial charge in [-0.05, 0) is 12.0 Å². The predicted octanol–water partition coefficient (Wildman–Crippen LogP) is 1.63. The molecule has 0 aliphatic carbocycles. The Hall–Kier alpha value is -1.76. The molecule has 0 aliphatic heterocycles. The van der Waals surface area contributed by atoms with Crippen LogP contribution in [0.3, 0.4) is 0 Å². The van der Waals surface area contributed by atoms with Crippen molar-refractivity contribution in [2.24, 2.45) is 5.92 Å². The van der Waals surface area contributed by atoms with Gasteiger partial charge in [0.05, 0.1) is 11.3 Å². The van der Waals surface area contributed by atoms with Crippen LogP contribution in [-0.2, 0) is 0 Å².